The van der Waals surface area contributed by atoms with Gasteiger partial charge in [-0.15, -0.1) is 6.58 Å². The van der Waals surface area contributed by atoms with Crippen LogP contribution in [0.1, 0.15) is 32.1 Å². The molecule has 0 saturated heterocycles. The molecule has 3 N–H and O–H groups in total. The molecule has 132 valence electrons. The van der Waals surface area contributed by atoms with Gasteiger partial charge >= 0.3 is 5.69 Å². The van der Waals surface area contributed by atoms with Gasteiger partial charge in [-0.05, 0) is 19.3 Å². The number of nitrogens with zero attached hydrogens (tertiary/aromatic N) is 2. The first-order valence-corrected chi connectivity index (χ1v) is 8.12. The lowest BCUT2D eigenvalue weighted by molar-refractivity contribution is -0.119. The number of rotatable bonds is 7. The number of hydrogen-bond donors (Lipinski definition) is 2. The molecule has 1 fully saturated rings. The second kappa shape index (κ2) is 7.94. The monoisotopic (exact) mass is 338 g/mol. The van der Waals surface area contributed by atoms with E-state index in [9.17, 15) is 18.8 Å². The van der Waals surface area contributed by atoms with Gasteiger partial charge < -0.3 is 11.1 Å². The van der Waals surface area contributed by atoms with E-state index in [4.69, 9.17) is 5.73 Å². The zero-order valence-electron chi connectivity index (χ0n) is 13.6. The van der Waals surface area contributed by atoms with E-state index in [1.165, 1.54) is 6.08 Å². The number of halogens is 1. The van der Waals surface area contributed by atoms with Crippen molar-refractivity contribution in [2.45, 2.75) is 45.2 Å². The van der Waals surface area contributed by atoms with Crippen molar-refractivity contribution in [2.24, 2.45) is 5.92 Å². The van der Waals surface area contributed by atoms with Gasteiger partial charge in [0.25, 0.3) is 5.56 Å². The maximum Gasteiger partial charge on any atom is 0.332 e. The van der Waals surface area contributed by atoms with Gasteiger partial charge in [-0.1, -0.05) is 18.9 Å². The highest BCUT2D eigenvalue weighted by atomic mass is 19.1. The SMILES string of the molecule is C=CCn1c(=O)c(NC(=O)C2CCCC2)c(N)n(CCCF)c1=O. The Labute approximate surface area is 139 Å². The largest absolute Gasteiger partial charge is 0.383 e. The smallest absolute Gasteiger partial charge is 0.332 e. The molecule has 0 radical (unpaired) electrons. The van der Waals surface area contributed by atoms with Crippen LogP contribution in [0.15, 0.2) is 22.2 Å². The molecule has 0 bridgehead atoms. The molecule has 0 aromatic carbocycles. The Hall–Kier alpha value is -2.38. The number of nitrogens with two attached hydrogens (primary N) is 1. The van der Waals surface area contributed by atoms with Crippen molar-refractivity contribution in [1.29, 1.82) is 0 Å². The lowest BCUT2D eigenvalue weighted by atomic mass is 10.1. The molecule has 0 atom stereocenters. The van der Waals surface area contributed by atoms with Crippen LogP contribution < -0.4 is 22.3 Å². The number of nitrogen functional groups attached to an aromatic ring is 1. The van der Waals surface area contributed by atoms with Gasteiger partial charge in [-0.2, -0.15) is 0 Å². The van der Waals surface area contributed by atoms with Gasteiger partial charge in [0, 0.05) is 19.0 Å². The number of aromatic nitrogens is 2. The highest BCUT2D eigenvalue weighted by Crippen LogP contribution is 2.26. The highest BCUT2D eigenvalue weighted by Gasteiger charge is 2.25. The molecular weight excluding hydrogens is 315 g/mol. The summed E-state index contributed by atoms with van der Waals surface area (Å²) < 4.78 is 14.5. The molecule has 24 heavy (non-hydrogen) atoms. The summed E-state index contributed by atoms with van der Waals surface area (Å²) >= 11 is 0. The third kappa shape index (κ3) is 3.58. The van der Waals surface area contributed by atoms with Gasteiger partial charge in [0.2, 0.25) is 5.91 Å². The summed E-state index contributed by atoms with van der Waals surface area (Å²) in [6.07, 6.45) is 4.99. The summed E-state index contributed by atoms with van der Waals surface area (Å²) in [5, 5.41) is 2.58. The number of amides is 1. The fraction of sp³-hybridized carbons (Fsp3) is 0.562. The molecule has 0 aliphatic heterocycles. The summed E-state index contributed by atoms with van der Waals surface area (Å²) in [4.78, 5) is 37.2. The van der Waals surface area contributed by atoms with E-state index >= 15 is 0 Å². The van der Waals surface area contributed by atoms with E-state index < -0.39 is 17.9 Å². The topological polar surface area (TPSA) is 99.1 Å². The summed E-state index contributed by atoms with van der Waals surface area (Å²) in [6, 6.07) is 0. The van der Waals surface area contributed by atoms with E-state index in [2.05, 4.69) is 11.9 Å². The summed E-state index contributed by atoms with van der Waals surface area (Å²) in [5.74, 6) is -0.551. The van der Waals surface area contributed by atoms with Crippen LogP contribution in [0.3, 0.4) is 0 Å². The number of allylic oxidation sites excluding steroid dienone is 1. The zero-order valence-corrected chi connectivity index (χ0v) is 13.6. The van der Waals surface area contributed by atoms with Crippen molar-refractivity contribution in [1.82, 2.24) is 9.13 Å². The van der Waals surface area contributed by atoms with Crippen LogP contribution in [-0.2, 0) is 17.9 Å². The number of alkyl halides is 1. The fourth-order valence-electron chi connectivity index (χ4n) is 2.97. The molecule has 1 heterocycles. The Kier molecular flexibility index (Phi) is 5.94. The quantitative estimate of drug-likeness (QED) is 0.731. The average Bonchev–Trinajstić information content (AvgIpc) is 3.10. The lowest BCUT2D eigenvalue weighted by Gasteiger charge is -2.17. The van der Waals surface area contributed by atoms with Gasteiger partial charge in [-0.3, -0.25) is 23.1 Å². The second-order valence-corrected chi connectivity index (χ2v) is 5.91. The number of anilines is 2. The van der Waals surface area contributed by atoms with Gasteiger partial charge in [0.15, 0.2) is 0 Å². The van der Waals surface area contributed by atoms with Crippen LogP contribution in [0.25, 0.3) is 0 Å². The van der Waals surface area contributed by atoms with Gasteiger partial charge in [-0.25, -0.2) is 4.79 Å². The van der Waals surface area contributed by atoms with Gasteiger partial charge in [0.05, 0.1) is 6.67 Å². The maximum atomic E-state index is 12.5. The molecule has 1 saturated carbocycles. The van der Waals surface area contributed by atoms with E-state index in [0.29, 0.717) is 0 Å². The molecule has 0 spiro atoms. The standard InChI is InChI=1S/C16H23FN4O3/c1-2-9-21-15(23)12(19-14(22)11-6-3-4-7-11)13(18)20(16(21)24)10-5-8-17/h2,11H,1,3-10,18H2,(H,19,22). The van der Waals surface area contributed by atoms with Crippen molar-refractivity contribution >= 4 is 17.4 Å². The minimum atomic E-state index is -0.666. The Morgan fingerprint density at radius 2 is 2.00 bits per heavy atom. The number of carbonyl (C=O) groups excluding carboxylic acids is 1. The van der Waals surface area contributed by atoms with E-state index in [1.54, 1.807) is 0 Å². The maximum absolute atomic E-state index is 12.5. The van der Waals surface area contributed by atoms with Crippen LogP contribution in [-0.4, -0.2) is 21.7 Å². The number of hydrogen-bond acceptors (Lipinski definition) is 4. The lowest BCUT2D eigenvalue weighted by Crippen LogP contribution is -2.43. The van der Waals surface area contributed by atoms with Crippen molar-refractivity contribution < 1.29 is 9.18 Å². The average molecular weight is 338 g/mol. The third-order valence-electron chi connectivity index (χ3n) is 4.27. The predicted octanol–water partition coefficient (Wildman–Crippen LogP) is 1.27. The number of nitrogens with one attached hydrogen (secondary N) is 1. The predicted molar refractivity (Wildman–Crippen MR) is 90.8 cm³/mol. The fourth-order valence-corrected chi connectivity index (χ4v) is 2.97. The second-order valence-electron chi connectivity index (χ2n) is 5.91. The minimum Gasteiger partial charge on any atom is -0.383 e. The Balaban J connectivity index is 2.46. The van der Waals surface area contributed by atoms with Crippen LogP contribution in [0, 0.1) is 5.92 Å². The van der Waals surface area contributed by atoms with Crippen LogP contribution in [0.2, 0.25) is 0 Å². The van der Waals surface area contributed by atoms with E-state index in [1.807, 2.05) is 0 Å². The third-order valence-corrected chi connectivity index (χ3v) is 4.27. The Morgan fingerprint density at radius 3 is 2.58 bits per heavy atom. The first-order chi connectivity index (χ1) is 11.5. The Bertz CT molecular complexity index is 732. The molecule has 1 aromatic heterocycles. The van der Waals surface area contributed by atoms with Crippen LogP contribution in [0.4, 0.5) is 15.9 Å². The van der Waals surface area contributed by atoms with Crippen LogP contribution in [0.5, 0.6) is 0 Å². The Morgan fingerprint density at radius 1 is 1.33 bits per heavy atom. The number of carbonyl (C=O) groups is 1. The molecule has 1 amide bonds. The molecular formula is C16H23FN4O3. The molecule has 8 heteroatoms. The normalized spacial score (nSPS) is 14.7. The summed E-state index contributed by atoms with van der Waals surface area (Å²) in [5.41, 5.74) is 4.51. The first kappa shape index (κ1) is 18.0. The molecule has 1 aliphatic rings. The van der Waals surface area contributed by atoms with Crippen molar-refractivity contribution in [3.63, 3.8) is 0 Å². The van der Waals surface area contributed by atoms with Gasteiger partial charge in [0.1, 0.15) is 11.5 Å². The van der Waals surface area contributed by atoms with Crippen molar-refractivity contribution in [2.75, 3.05) is 17.7 Å². The molecule has 2 rings (SSSR count). The zero-order chi connectivity index (χ0) is 17.7. The van der Waals surface area contributed by atoms with E-state index in [0.717, 1.165) is 34.8 Å². The van der Waals surface area contributed by atoms with E-state index in [-0.39, 0.29) is 42.8 Å². The highest BCUT2D eigenvalue weighted by molar-refractivity contribution is 5.94. The molecule has 1 aromatic rings. The van der Waals surface area contributed by atoms with Crippen LogP contribution >= 0.6 is 0 Å². The summed E-state index contributed by atoms with van der Waals surface area (Å²) in [7, 11) is 0. The summed E-state index contributed by atoms with van der Waals surface area (Å²) in [6.45, 7) is 2.92. The molecule has 0 unspecified atom stereocenters. The minimum absolute atomic E-state index is 0.0140. The van der Waals surface area contributed by atoms with Crippen molar-refractivity contribution in [3.8, 4) is 0 Å². The molecule has 7 nitrogen and oxygen atoms in total. The first-order valence-electron chi connectivity index (χ1n) is 8.12. The van der Waals surface area contributed by atoms with Crippen molar-refractivity contribution in [3.05, 3.63) is 33.5 Å². The molecule has 1 aliphatic carbocycles.